The molecule has 0 aromatic carbocycles. The van der Waals surface area contributed by atoms with Crippen molar-refractivity contribution in [3.8, 4) is 0 Å². The van der Waals surface area contributed by atoms with Crippen LogP contribution in [0.1, 0.15) is 25.7 Å². The van der Waals surface area contributed by atoms with Crippen LogP contribution in [0.4, 0.5) is 0 Å². The first-order chi connectivity index (χ1) is 7.16. The fourth-order valence-electron chi connectivity index (χ4n) is 2.02. The van der Waals surface area contributed by atoms with Crippen molar-refractivity contribution in [2.75, 3.05) is 39.9 Å². The first-order valence-corrected chi connectivity index (χ1v) is 5.85. The van der Waals surface area contributed by atoms with Crippen LogP contribution in [0.3, 0.4) is 0 Å². The molecule has 1 rings (SSSR count). The van der Waals surface area contributed by atoms with E-state index in [-0.39, 0.29) is 0 Å². The number of nitrogens with zero attached hydrogens (tertiary/aromatic N) is 1. The highest BCUT2D eigenvalue weighted by Crippen LogP contribution is 2.21. The second-order valence-electron chi connectivity index (χ2n) is 4.57. The summed E-state index contributed by atoms with van der Waals surface area (Å²) in [5.74, 6) is 0. The molecule has 0 aromatic heterocycles. The van der Waals surface area contributed by atoms with Crippen molar-refractivity contribution >= 4 is 0 Å². The van der Waals surface area contributed by atoms with Crippen LogP contribution in [0.15, 0.2) is 0 Å². The molecule has 0 saturated carbocycles. The van der Waals surface area contributed by atoms with E-state index in [0.717, 1.165) is 45.3 Å². The lowest BCUT2D eigenvalue weighted by Gasteiger charge is -2.35. The molecule has 0 amide bonds. The Balaban J connectivity index is 2.20. The quantitative estimate of drug-likeness (QED) is 0.623. The maximum Gasteiger partial charge on any atom is 0.0817 e. The van der Waals surface area contributed by atoms with Crippen LogP contribution in [0.2, 0.25) is 0 Å². The molecule has 90 valence electrons. The Kier molecular flexibility index (Phi) is 5.53. The van der Waals surface area contributed by atoms with E-state index in [0.29, 0.717) is 13.2 Å². The highest BCUT2D eigenvalue weighted by atomic mass is 16.5. The zero-order valence-electron chi connectivity index (χ0n) is 9.74. The van der Waals surface area contributed by atoms with Gasteiger partial charge in [0.15, 0.2) is 0 Å². The van der Waals surface area contributed by atoms with Gasteiger partial charge < -0.3 is 20.5 Å². The first kappa shape index (κ1) is 12.9. The fraction of sp³-hybridized carbons (Fsp3) is 1.00. The molecule has 1 fully saturated rings. The van der Waals surface area contributed by atoms with E-state index in [1.807, 2.05) is 0 Å². The maximum absolute atomic E-state index is 10.3. The molecule has 1 saturated heterocycles. The Hall–Kier alpha value is -0.160. The molecule has 1 aliphatic rings. The van der Waals surface area contributed by atoms with E-state index in [9.17, 15) is 5.11 Å². The normalized spacial score (nSPS) is 20.8. The Morgan fingerprint density at radius 3 is 2.60 bits per heavy atom. The minimum absolute atomic E-state index is 0.532. The average molecular weight is 216 g/mol. The van der Waals surface area contributed by atoms with Gasteiger partial charge in [0.2, 0.25) is 0 Å². The van der Waals surface area contributed by atoms with Gasteiger partial charge in [-0.1, -0.05) is 0 Å². The van der Waals surface area contributed by atoms with E-state index in [2.05, 4.69) is 11.9 Å². The standard InChI is InChI=1S/C11H24N2O2/c1-13(7-3-2-6-12)10-11(14)4-8-15-9-5-11/h14H,2-10,12H2,1H3. The Bertz CT molecular complexity index is 170. The summed E-state index contributed by atoms with van der Waals surface area (Å²) in [6.45, 7) is 3.90. The van der Waals surface area contributed by atoms with Gasteiger partial charge in [0.05, 0.1) is 5.60 Å². The molecule has 0 bridgehead atoms. The van der Waals surface area contributed by atoms with E-state index in [1.165, 1.54) is 0 Å². The fourth-order valence-corrected chi connectivity index (χ4v) is 2.02. The van der Waals surface area contributed by atoms with Crippen molar-refractivity contribution in [1.29, 1.82) is 0 Å². The lowest BCUT2D eigenvalue weighted by molar-refractivity contribution is -0.0768. The number of ether oxygens (including phenoxy) is 1. The van der Waals surface area contributed by atoms with Crippen molar-refractivity contribution in [1.82, 2.24) is 4.90 Å². The number of aliphatic hydroxyl groups is 1. The number of hydrogen-bond acceptors (Lipinski definition) is 4. The third kappa shape index (κ3) is 4.93. The molecular formula is C11H24N2O2. The molecule has 3 N–H and O–H groups in total. The second-order valence-corrected chi connectivity index (χ2v) is 4.57. The number of likely N-dealkylation sites (N-methyl/N-ethyl adjacent to an activating group) is 1. The SMILES string of the molecule is CN(CCCCN)CC1(O)CCOCC1. The van der Waals surface area contributed by atoms with Gasteiger partial charge in [0, 0.05) is 32.6 Å². The van der Waals surface area contributed by atoms with E-state index >= 15 is 0 Å². The summed E-state index contributed by atoms with van der Waals surface area (Å²) in [6.07, 6.45) is 3.69. The van der Waals surface area contributed by atoms with Crippen molar-refractivity contribution in [2.24, 2.45) is 5.73 Å². The topological polar surface area (TPSA) is 58.7 Å². The number of rotatable bonds is 6. The first-order valence-electron chi connectivity index (χ1n) is 5.85. The van der Waals surface area contributed by atoms with Gasteiger partial charge >= 0.3 is 0 Å². The third-order valence-electron chi connectivity index (χ3n) is 2.98. The average Bonchev–Trinajstić information content (AvgIpc) is 2.18. The van der Waals surface area contributed by atoms with Crippen LogP contribution in [0.25, 0.3) is 0 Å². The van der Waals surface area contributed by atoms with E-state index in [1.54, 1.807) is 0 Å². The van der Waals surface area contributed by atoms with E-state index < -0.39 is 5.60 Å². The molecule has 4 nitrogen and oxygen atoms in total. The molecule has 0 aromatic rings. The van der Waals surface area contributed by atoms with Gasteiger partial charge in [-0.05, 0) is 33.0 Å². The van der Waals surface area contributed by atoms with Gasteiger partial charge in [-0.3, -0.25) is 0 Å². The molecule has 15 heavy (non-hydrogen) atoms. The largest absolute Gasteiger partial charge is 0.388 e. The summed E-state index contributed by atoms with van der Waals surface area (Å²) in [5, 5.41) is 10.3. The lowest BCUT2D eigenvalue weighted by Crippen LogP contribution is -2.45. The van der Waals surface area contributed by atoms with Crippen molar-refractivity contribution < 1.29 is 9.84 Å². The van der Waals surface area contributed by atoms with Crippen LogP contribution in [0, 0.1) is 0 Å². The molecule has 0 radical (unpaired) electrons. The summed E-state index contributed by atoms with van der Waals surface area (Å²) < 4.78 is 5.25. The van der Waals surface area contributed by atoms with Crippen molar-refractivity contribution in [3.63, 3.8) is 0 Å². The maximum atomic E-state index is 10.3. The molecule has 1 aliphatic heterocycles. The lowest BCUT2D eigenvalue weighted by atomic mass is 9.94. The van der Waals surface area contributed by atoms with Gasteiger partial charge in [0.25, 0.3) is 0 Å². The van der Waals surface area contributed by atoms with Gasteiger partial charge in [-0.25, -0.2) is 0 Å². The second kappa shape index (κ2) is 6.43. The predicted octanol–water partition coefficient (Wildman–Crippen LogP) is 0.199. The molecule has 0 aliphatic carbocycles. The zero-order chi connectivity index (χ0) is 11.1. The monoisotopic (exact) mass is 216 g/mol. The minimum Gasteiger partial charge on any atom is -0.388 e. The van der Waals surface area contributed by atoms with Crippen LogP contribution in [-0.4, -0.2) is 55.5 Å². The summed E-state index contributed by atoms with van der Waals surface area (Å²) in [4.78, 5) is 2.20. The van der Waals surface area contributed by atoms with Crippen LogP contribution in [-0.2, 0) is 4.74 Å². The third-order valence-corrected chi connectivity index (χ3v) is 2.98. The Labute approximate surface area is 92.4 Å². The van der Waals surface area contributed by atoms with Gasteiger partial charge in [-0.2, -0.15) is 0 Å². The van der Waals surface area contributed by atoms with Gasteiger partial charge in [0.1, 0.15) is 0 Å². The van der Waals surface area contributed by atoms with Crippen LogP contribution in [0.5, 0.6) is 0 Å². The molecule has 0 atom stereocenters. The summed E-state index contributed by atoms with van der Waals surface area (Å²) in [5.41, 5.74) is 4.91. The number of hydrogen-bond donors (Lipinski definition) is 2. The van der Waals surface area contributed by atoms with Crippen molar-refractivity contribution in [2.45, 2.75) is 31.3 Å². The van der Waals surface area contributed by atoms with E-state index in [4.69, 9.17) is 10.5 Å². The summed E-state index contributed by atoms with van der Waals surface area (Å²) in [7, 11) is 2.06. The number of nitrogens with two attached hydrogens (primary N) is 1. The molecule has 1 heterocycles. The number of unbranched alkanes of at least 4 members (excludes halogenated alkanes) is 1. The predicted molar refractivity (Wildman–Crippen MR) is 60.8 cm³/mol. The smallest absolute Gasteiger partial charge is 0.0817 e. The molecule has 0 spiro atoms. The highest BCUT2D eigenvalue weighted by molar-refractivity contribution is 4.83. The van der Waals surface area contributed by atoms with Gasteiger partial charge in [-0.15, -0.1) is 0 Å². The molecular weight excluding hydrogens is 192 g/mol. The summed E-state index contributed by atoms with van der Waals surface area (Å²) in [6, 6.07) is 0. The summed E-state index contributed by atoms with van der Waals surface area (Å²) >= 11 is 0. The zero-order valence-corrected chi connectivity index (χ0v) is 9.74. The van der Waals surface area contributed by atoms with Crippen molar-refractivity contribution in [3.05, 3.63) is 0 Å². The van der Waals surface area contributed by atoms with Crippen LogP contribution >= 0.6 is 0 Å². The molecule has 4 heteroatoms. The highest BCUT2D eigenvalue weighted by Gasteiger charge is 2.30. The Morgan fingerprint density at radius 1 is 1.33 bits per heavy atom. The minimum atomic E-state index is -0.532. The Morgan fingerprint density at radius 2 is 2.00 bits per heavy atom. The van der Waals surface area contributed by atoms with Crippen LogP contribution < -0.4 is 5.73 Å². The molecule has 0 unspecified atom stereocenters.